The molecule has 2 heterocycles. The van der Waals surface area contributed by atoms with Crippen LogP contribution < -0.4 is 14.8 Å². The van der Waals surface area contributed by atoms with E-state index in [2.05, 4.69) is 11.9 Å². The van der Waals surface area contributed by atoms with Crippen LogP contribution >= 0.6 is 11.6 Å². The first-order valence-electron chi connectivity index (χ1n) is 9.12. The molecule has 0 radical (unpaired) electrons. The zero-order chi connectivity index (χ0) is 19.8. The summed E-state index contributed by atoms with van der Waals surface area (Å²) in [4.78, 5) is 25.7. The van der Waals surface area contributed by atoms with E-state index in [0.717, 1.165) is 18.5 Å². The minimum atomic E-state index is -0.622. The predicted octanol–water partition coefficient (Wildman–Crippen LogP) is 3.77. The third-order valence-corrected chi connectivity index (χ3v) is 5.46. The molecule has 0 spiro atoms. The smallest absolute Gasteiger partial charge is 0.337 e. The Labute approximate surface area is 167 Å². The van der Waals surface area contributed by atoms with Gasteiger partial charge in [0.05, 0.1) is 5.57 Å². The Balaban J connectivity index is 1.88. The number of hydrogen-bond donors (Lipinski definition) is 1. The van der Waals surface area contributed by atoms with E-state index in [1.807, 2.05) is 0 Å². The third-order valence-electron chi connectivity index (χ3n) is 5.13. The SMILES string of the molecule is C=CCOC(=O)C1=C(C)NC2=C(C(=O)CCC2)[C@H]1c1cc2c(cc1Cl)OCO2. The molecule has 0 aromatic heterocycles. The zero-order valence-electron chi connectivity index (χ0n) is 15.5. The fourth-order valence-corrected chi connectivity index (χ4v) is 4.19. The number of carbonyl (C=O) groups excluding carboxylic acids is 2. The van der Waals surface area contributed by atoms with Crippen molar-refractivity contribution < 1.29 is 23.8 Å². The summed E-state index contributed by atoms with van der Waals surface area (Å²) in [5, 5.41) is 3.65. The first-order chi connectivity index (χ1) is 13.5. The second-order valence-corrected chi connectivity index (χ2v) is 7.29. The molecule has 1 atom stereocenters. The number of hydrogen-bond acceptors (Lipinski definition) is 6. The van der Waals surface area contributed by atoms with Crippen molar-refractivity contribution in [2.75, 3.05) is 13.4 Å². The van der Waals surface area contributed by atoms with Crippen LogP contribution in [0.3, 0.4) is 0 Å². The Morgan fingerprint density at radius 3 is 2.86 bits per heavy atom. The molecule has 28 heavy (non-hydrogen) atoms. The van der Waals surface area contributed by atoms with Crippen LogP contribution in [-0.2, 0) is 14.3 Å². The van der Waals surface area contributed by atoms with Crippen molar-refractivity contribution in [1.82, 2.24) is 5.32 Å². The molecule has 3 aliphatic rings. The molecule has 146 valence electrons. The lowest BCUT2D eigenvalue weighted by Crippen LogP contribution is -2.34. The van der Waals surface area contributed by atoms with Gasteiger partial charge in [-0.3, -0.25) is 4.79 Å². The summed E-state index contributed by atoms with van der Waals surface area (Å²) in [6.45, 7) is 5.58. The van der Waals surface area contributed by atoms with Gasteiger partial charge in [0.2, 0.25) is 6.79 Å². The summed E-state index contributed by atoms with van der Waals surface area (Å²) >= 11 is 6.56. The largest absolute Gasteiger partial charge is 0.458 e. The summed E-state index contributed by atoms with van der Waals surface area (Å²) in [7, 11) is 0. The average molecular weight is 402 g/mol. The number of rotatable bonds is 4. The Morgan fingerprint density at radius 1 is 1.36 bits per heavy atom. The summed E-state index contributed by atoms with van der Waals surface area (Å²) in [5.41, 5.74) is 3.06. The van der Waals surface area contributed by atoms with E-state index in [1.165, 1.54) is 6.08 Å². The highest BCUT2D eigenvalue weighted by molar-refractivity contribution is 6.32. The summed E-state index contributed by atoms with van der Waals surface area (Å²) < 4.78 is 16.2. The quantitative estimate of drug-likeness (QED) is 0.611. The molecule has 4 rings (SSSR count). The van der Waals surface area contributed by atoms with Gasteiger partial charge in [0.1, 0.15) is 6.61 Å². The molecule has 1 aliphatic carbocycles. The van der Waals surface area contributed by atoms with Crippen molar-refractivity contribution in [3.63, 3.8) is 0 Å². The number of allylic oxidation sites excluding steroid dienone is 3. The van der Waals surface area contributed by atoms with Gasteiger partial charge in [-0.05, 0) is 31.4 Å². The Morgan fingerprint density at radius 2 is 2.11 bits per heavy atom. The van der Waals surface area contributed by atoms with E-state index >= 15 is 0 Å². The van der Waals surface area contributed by atoms with Crippen molar-refractivity contribution in [3.8, 4) is 11.5 Å². The van der Waals surface area contributed by atoms with E-state index in [4.69, 9.17) is 25.8 Å². The number of fused-ring (bicyclic) bond motifs is 1. The number of carbonyl (C=O) groups is 2. The number of ether oxygens (including phenoxy) is 3. The fourth-order valence-electron chi connectivity index (χ4n) is 3.93. The molecule has 2 aliphatic heterocycles. The van der Waals surface area contributed by atoms with Crippen LogP contribution in [0.25, 0.3) is 0 Å². The maximum absolute atomic E-state index is 12.9. The topological polar surface area (TPSA) is 73.9 Å². The number of halogens is 1. The molecule has 0 unspecified atom stereocenters. The normalized spacial score (nSPS) is 20.6. The molecular formula is C21H20ClNO5. The number of benzene rings is 1. The highest BCUT2D eigenvalue weighted by Crippen LogP contribution is 2.47. The second-order valence-electron chi connectivity index (χ2n) is 6.88. The lowest BCUT2D eigenvalue weighted by atomic mass is 9.75. The Bertz CT molecular complexity index is 946. The van der Waals surface area contributed by atoms with Gasteiger partial charge in [0, 0.05) is 40.4 Å². The first kappa shape index (κ1) is 18.6. The van der Waals surface area contributed by atoms with Crippen LogP contribution in [0, 0.1) is 0 Å². The molecule has 0 saturated heterocycles. The number of esters is 1. The fraction of sp³-hybridized carbons (Fsp3) is 0.333. The molecular weight excluding hydrogens is 382 g/mol. The number of nitrogens with one attached hydrogen (secondary N) is 1. The zero-order valence-corrected chi connectivity index (χ0v) is 16.2. The van der Waals surface area contributed by atoms with Crippen molar-refractivity contribution in [3.05, 3.63) is 57.9 Å². The van der Waals surface area contributed by atoms with Crippen LogP contribution in [0.2, 0.25) is 5.02 Å². The lowest BCUT2D eigenvalue weighted by molar-refractivity contribution is -0.138. The van der Waals surface area contributed by atoms with Crippen LogP contribution in [0.5, 0.6) is 11.5 Å². The summed E-state index contributed by atoms with van der Waals surface area (Å²) in [6.07, 6.45) is 3.46. The van der Waals surface area contributed by atoms with Gasteiger partial charge in [-0.1, -0.05) is 24.3 Å². The molecule has 0 saturated carbocycles. The summed E-state index contributed by atoms with van der Waals surface area (Å²) in [5.74, 6) is -0.0333. The van der Waals surface area contributed by atoms with Crippen LogP contribution in [0.1, 0.15) is 37.7 Å². The molecule has 0 amide bonds. The maximum Gasteiger partial charge on any atom is 0.337 e. The Hall–Kier alpha value is -2.73. The number of Topliss-reactive ketones (excluding diaryl/α,β-unsaturated/α-hetero) is 1. The molecule has 0 bridgehead atoms. The highest BCUT2D eigenvalue weighted by Gasteiger charge is 2.40. The van der Waals surface area contributed by atoms with Crippen molar-refractivity contribution >= 4 is 23.4 Å². The third kappa shape index (κ3) is 3.07. The number of dihydropyridines is 1. The van der Waals surface area contributed by atoms with Gasteiger partial charge in [-0.2, -0.15) is 0 Å². The van der Waals surface area contributed by atoms with Gasteiger partial charge in [-0.15, -0.1) is 0 Å². The molecule has 7 heteroatoms. The molecule has 1 aromatic carbocycles. The average Bonchev–Trinajstić information content (AvgIpc) is 3.11. The molecule has 6 nitrogen and oxygen atoms in total. The first-order valence-corrected chi connectivity index (χ1v) is 9.50. The molecule has 1 aromatic rings. The van der Waals surface area contributed by atoms with Crippen LogP contribution in [0.4, 0.5) is 0 Å². The second kappa shape index (κ2) is 7.36. The lowest BCUT2D eigenvalue weighted by Gasteiger charge is -2.34. The predicted molar refractivity (Wildman–Crippen MR) is 103 cm³/mol. The highest BCUT2D eigenvalue weighted by atomic mass is 35.5. The van der Waals surface area contributed by atoms with E-state index in [9.17, 15) is 9.59 Å². The van der Waals surface area contributed by atoms with Crippen molar-refractivity contribution in [2.45, 2.75) is 32.1 Å². The maximum atomic E-state index is 12.9. The minimum Gasteiger partial charge on any atom is -0.458 e. The van der Waals surface area contributed by atoms with Crippen LogP contribution in [0.15, 0.2) is 47.3 Å². The summed E-state index contributed by atoms with van der Waals surface area (Å²) in [6, 6.07) is 3.41. The van der Waals surface area contributed by atoms with E-state index < -0.39 is 11.9 Å². The van der Waals surface area contributed by atoms with Crippen LogP contribution in [-0.4, -0.2) is 25.2 Å². The van der Waals surface area contributed by atoms with E-state index in [1.54, 1.807) is 19.1 Å². The van der Waals surface area contributed by atoms with Crippen molar-refractivity contribution in [1.29, 1.82) is 0 Å². The van der Waals surface area contributed by atoms with Gasteiger partial charge in [0.25, 0.3) is 0 Å². The monoisotopic (exact) mass is 401 g/mol. The van der Waals surface area contributed by atoms with E-state index in [-0.39, 0.29) is 19.2 Å². The van der Waals surface area contributed by atoms with E-state index in [0.29, 0.717) is 45.3 Å². The van der Waals surface area contributed by atoms with Gasteiger partial charge in [-0.25, -0.2) is 4.79 Å². The van der Waals surface area contributed by atoms with Gasteiger partial charge >= 0.3 is 5.97 Å². The van der Waals surface area contributed by atoms with Gasteiger partial charge in [0.15, 0.2) is 17.3 Å². The standard InChI is InChI=1S/C21H20ClNO5/c1-3-7-26-21(25)18-11(2)23-14-5-4-6-15(24)20(14)19(18)12-8-16-17(9-13(12)22)28-10-27-16/h3,8-9,19,23H,1,4-7,10H2,2H3/t19-/m0/s1. The van der Waals surface area contributed by atoms with Gasteiger partial charge < -0.3 is 19.5 Å². The number of ketones is 1. The Kier molecular flexibility index (Phi) is 4.89. The molecule has 1 N–H and O–H groups in total. The minimum absolute atomic E-state index is 0.00834. The van der Waals surface area contributed by atoms with Crippen molar-refractivity contribution in [2.24, 2.45) is 0 Å². The molecule has 0 fully saturated rings.